The Morgan fingerprint density at radius 3 is 2.59 bits per heavy atom. The van der Waals surface area contributed by atoms with Gasteiger partial charge in [-0.05, 0) is 49.2 Å². The van der Waals surface area contributed by atoms with Crippen molar-refractivity contribution in [3.8, 4) is 0 Å². The highest BCUT2D eigenvalue weighted by Gasteiger charge is 2.23. The van der Waals surface area contributed by atoms with Gasteiger partial charge in [0.25, 0.3) is 0 Å². The molecule has 0 fully saturated rings. The minimum absolute atomic E-state index is 0.179. The van der Waals surface area contributed by atoms with Gasteiger partial charge in [0.1, 0.15) is 5.82 Å². The predicted molar refractivity (Wildman–Crippen MR) is 104 cm³/mol. The lowest BCUT2D eigenvalue weighted by molar-refractivity contribution is -0.121. The Labute approximate surface area is 158 Å². The number of H-pyrrole nitrogens is 1. The number of carbonyl (C=O) groups excluding carboxylic acids is 1. The first-order chi connectivity index (χ1) is 12.8. The number of likely N-dealkylation sites (N-methyl/N-ethyl adjacent to an activating group) is 1. The average Bonchev–Trinajstić information content (AvgIpc) is 3.05. The molecule has 0 saturated heterocycles. The van der Waals surface area contributed by atoms with Crippen molar-refractivity contribution in [3.05, 3.63) is 59.4 Å². The van der Waals surface area contributed by atoms with Gasteiger partial charge in [0, 0.05) is 7.05 Å². The van der Waals surface area contributed by atoms with Crippen molar-refractivity contribution in [1.82, 2.24) is 19.6 Å². The van der Waals surface area contributed by atoms with Crippen LogP contribution in [0.15, 0.2) is 47.4 Å². The van der Waals surface area contributed by atoms with E-state index in [1.54, 1.807) is 18.2 Å². The van der Waals surface area contributed by atoms with Crippen LogP contribution in [0.1, 0.15) is 17.0 Å². The number of nitrogens with zero attached hydrogens (tertiary/aromatic N) is 2. The smallest absolute Gasteiger partial charge is 0.243 e. The van der Waals surface area contributed by atoms with E-state index in [1.165, 1.54) is 7.05 Å². The van der Waals surface area contributed by atoms with Crippen molar-refractivity contribution < 1.29 is 13.2 Å². The van der Waals surface area contributed by atoms with Gasteiger partial charge in [-0.2, -0.15) is 4.31 Å². The third-order valence-corrected chi connectivity index (χ3v) is 6.24. The molecule has 0 saturated carbocycles. The number of aromatic amines is 1. The second-order valence-corrected chi connectivity index (χ2v) is 8.53. The fourth-order valence-electron chi connectivity index (χ4n) is 2.67. The van der Waals surface area contributed by atoms with Gasteiger partial charge in [-0.3, -0.25) is 4.79 Å². The molecule has 0 unspecified atom stereocenters. The molecule has 0 spiro atoms. The number of sulfonamides is 1. The summed E-state index contributed by atoms with van der Waals surface area (Å²) in [4.78, 5) is 19.9. The summed E-state index contributed by atoms with van der Waals surface area (Å²) in [5.41, 5.74) is 3.60. The summed E-state index contributed by atoms with van der Waals surface area (Å²) >= 11 is 0. The van der Waals surface area contributed by atoms with E-state index in [4.69, 9.17) is 0 Å². The zero-order valence-electron chi connectivity index (χ0n) is 15.5. The maximum absolute atomic E-state index is 12.7. The van der Waals surface area contributed by atoms with E-state index >= 15 is 0 Å². The van der Waals surface area contributed by atoms with E-state index in [9.17, 15) is 13.2 Å². The first kappa shape index (κ1) is 19.1. The summed E-state index contributed by atoms with van der Waals surface area (Å²) in [7, 11) is -2.33. The van der Waals surface area contributed by atoms with Crippen molar-refractivity contribution in [2.24, 2.45) is 0 Å². The summed E-state index contributed by atoms with van der Waals surface area (Å²) < 4.78 is 26.3. The molecule has 7 nitrogen and oxygen atoms in total. The molecule has 0 radical (unpaired) electrons. The fourth-order valence-corrected chi connectivity index (χ4v) is 3.88. The van der Waals surface area contributed by atoms with Crippen LogP contribution in [-0.4, -0.2) is 42.2 Å². The number of amides is 1. The second kappa shape index (κ2) is 7.50. The number of carbonyl (C=O) groups is 1. The third-order valence-electron chi connectivity index (χ3n) is 4.44. The van der Waals surface area contributed by atoms with Crippen LogP contribution in [-0.2, 0) is 21.4 Å². The van der Waals surface area contributed by atoms with Crippen LogP contribution in [0.25, 0.3) is 11.0 Å². The SMILES string of the molecule is Cc1ccc(S(=O)(=O)N(C)CC(=O)NCc2nc3ccccc3[nH]2)cc1C. The van der Waals surface area contributed by atoms with E-state index in [2.05, 4.69) is 15.3 Å². The summed E-state index contributed by atoms with van der Waals surface area (Å²) in [5, 5.41) is 2.70. The maximum Gasteiger partial charge on any atom is 0.243 e. The molecular weight excluding hydrogens is 364 g/mol. The van der Waals surface area contributed by atoms with Crippen LogP contribution >= 0.6 is 0 Å². The number of para-hydroxylation sites is 2. The lowest BCUT2D eigenvalue weighted by Gasteiger charge is -2.17. The number of rotatable bonds is 6. The van der Waals surface area contributed by atoms with Crippen molar-refractivity contribution >= 4 is 27.0 Å². The molecule has 3 aromatic rings. The van der Waals surface area contributed by atoms with Crippen LogP contribution in [0.2, 0.25) is 0 Å². The highest BCUT2D eigenvalue weighted by Crippen LogP contribution is 2.18. The van der Waals surface area contributed by atoms with E-state index in [0.29, 0.717) is 5.82 Å². The Bertz CT molecular complexity index is 1060. The van der Waals surface area contributed by atoms with Crippen molar-refractivity contribution in [2.45, 2.75) is 25.3 Å². The van der Waals surface area contributed by atoms with E-state index < -0.39 is 15.9 Å². The summed E-state index contributed by atoms with van der Waals surface area (Å²) in [5.74, 6) is 0.217. The normalized spacial score (nSPS) is 11.9. The molecule has 0 bridgehead atoms. The summed E-state index contributed by atoms with van der Waals surface area (Å²) in [6.07, 6.45) is 0. The average molecular weight is 386 g/mol. The number of hydrogen-bond acceptors (Lipinski definition) is 4. The summed E-state index contributed by atoms with van der Waals surface area (Å²) in [6, 6.07) is 12.5. The number of nitrogens with one attached hydrogen (secondary N) is 2. The van der Waals surface area contributed by atoms with Gasteiger partial charge in [-0.1, -0.05) is 18.2 Å². The molecule has 1 heterocycles. The first-order valence-corrected chi connectivity index (χ1v) is 9.95. The molecule has 0 aliphatic rings. The molecule has 1 aromatic heterocycles. The van der Waals surface area contributed by atoms with Gasteiger partial charge in [0.05, 0.1) is 29.0 Å². The predicted octanol–water partition coefficient (Wildman–Crippen LogP) is 2.12. The molecule has 0 atom stereocenters. The lowest BCUT2D eigenvalue weighted by atomic mass is 10.1. The highest BCUT2D eigenvalue weighted by atomic mass is 32.2. The van der Waals surface area contributed by atoms with Gasteiger partial charge in [-0.15, -0.1) is 0 Å². The third kappa shape index (κ3) is 4.17. The van der Waals surface area contributed by atoms with Gasteiger partial charge >= 0.3 is 0 Å². The van der Waals surface area contributed by atoms with E-state index in [-0.39, 0.29) is 18.0 Å². The van der Waals surface area contributed by atoms with Crippen molar-refractivity contribution in [3.63, 3.8) is 0 Å². The number of fused-ring (bicyclic) bond motifs is 1. The Morgan fingerprint density at radius 1 is 1.15 bits per heavy atom. The van der Waals surface area contributed by atoms with Gasteiger partial charge in [-0.25, -0.2) is 13.4 Å². The zero-order chi connectivity index (χ0) is 19.6. The van der Waals surface area contributed by atoms with Crippen LogP contribution < -0.4 is 5.32 Å². The van der Waals surface area contributed by atoms with Crippen molar-refractivity contribution in [2.75, 3.05) is 13.6 Å². The standard InChI is InChI=1S/C19H22N4O3S/c1-13-8-9-15(10-14(13)2)27(25,26)23(3)12-19(24)20-11-18-21-16-6-4-5-7-17(16)22-18/h4-10H,11-12H2,1-3H3,(H,20,24)(H,21,22). The summed E-state index contributed by atoms with van der Waals surface area (Å²) in [6.45, 7) is 3.70. The van der Waals surface area contributed by atoms with E-state index in [0.717, 1.165) is 26.5 Å². The van der Waals surface area contributed by atoms with Crippen LogP contribution in [0.5, 0.6) is 0 Å². The molecule has 1 amide bonds. The molecule has 2 N–H and O–H groups in total. The molecular formula is C19H22N4O3S. The second-order valence-electron chi connectivity index (χ2n) is 6.48. The maximum atomic E-state index is 12.7. The molecule has 2 aromatic carbocycles. The zero-order valence-corrected chi connectivity index (χ0v) is 16.3. The van der Waals surface area contributed by atoms with Crippen LogP contribution in [0.3, 0.4) is 0 Å². The Kier molecular flexibility index (Phi) is 5.29. The van der Waals surface area contributed by atoms with Crippen molar-refractivity contribution in [1.29, 1.82) is 0 Å². The molecule has 3 rings (SSSR count). The quantitative estimate of drug-likeness (QED) is 0.678. The molecule has 27 heavy (non-hydrogen) atoms. The number of hydrogen-bond donors (Lipinski definition) is 2. The number of benzene rings is 2. The number of aryl methyl sites for hydroxylation is 2. The molecule has 0 aliphatic carbocycles. The number of imidazole rings is 1. The molecule has 142 valence electrons. The first-order valence-electron chi connectivity index (χ1n) is 8.51. The molecule has 0 aliphatic heterocycles. The minimum atomic E-state index is -3.73. The fraction of sp³-hybridized carbons (Fsp3) is 0.263. The van der Waals surface area contributed by atoms with Gasteiger partial charge in [0.15, 0.2) is 0 Å². The highest BCUT2D eigenvalue weighted by molar-refractivity contribution is 7.89. The number of aromatic nitrogens is 2. The topological polar surface area (TPSA) is 95.2 Å². The minimum Gasteiger partial charge on any atom is -0.348 e. The Morgan fingerprint density at radius 2 is 1.89 bits per heavy atom. The van der Waals surface area contributed by atoms with Crippen LogP contribution in [0.4, 0.5) is 0 Å². The van der Waals surface area contributed by atoms with Crippen LogP contribution in [0, 0.1) is 13.8 Å². The Balaban J connectivity index is 1.63. The Hall–Kier alpha value is -2.71. The van der Waals surface area contributed by atoms with Gasteiger partial charge in [0.2, 0.25) is 15.9 Å². The monoisotopic (exact) mass is 386 g/mol. The lowest BCUT2D eigenvalue weighted by Crippen LogP contribution is -2.38. The van der Waals surface area contributed by atoms with E-state index in [1.807, 2.05) is 38.1 Å². The van der Waals surface area contributed by atoms with Gasteiger partial charge < -0.3 is 10.3 Å². The largest absolute Gasteiger partial charge is 0.348 e. The molecule has 8 heteroatoms.